The molecule has 0 aliphatic heterocycles. The van der Waals surface area contributed by atoms with Gasteiger partial charge in [0.15, 0.2) is 0 Å². The maximum Gasteiger partial charge on any atom is 0.326 e. The van der Waals surface area contributed by atoms with Gasteiger partial charge in [-0.25, -0.2) is 9.78 Å². The quantitative estimate of drug-likeness (QED) is 0.166. The normalized spacial score (nSPS) is 15.3. The molecule has 0 bridgehead atoms. The van der Waals surface area contributed by atoms with Gasteiger partial charge in [0.25, 0.3) is 0 Å². The van der Waals surface area contributed by atoms with Gasteiger partial charge in [0.05, 0.1) is 12.4 Å². The highest BCUT2D eigenvalue weighted by Gasteiger charge is 2.32. The minimum absolute atomic E-state index is 0.229. The molecule has 0 spiro atoms. The molecule has 1 aromatic rings. The van der Waals surface area contributed by atoms with Gasteiger partial charge in [-0.2, -0.15) is 23.5 Å². The van der Waals surface area contributed by atoms with Crippen molar-refractivity contribution in [3.63, 3.8) is 0 Å². The number of aromatic nitrogens is 2. The number of carboxylic acids is 1. The number of nitrogens with two attached hydrogens (primary N) is 1. The monoisotopic (exact) mass is 530 g/mol. The first-order chi connectivity index (χ1) is 16.6. The number of amides is 3. The Balaban J connectivity index is 2.92. The summed E-state index contributed by atoms with van der Waals surface area (Å²) in [6.45, 7) is 3.68. The first-order valence-electron chi connectivity index (χ1n) is 11.5. The van der Waals surface area contributed by atoms with E-state index in [0.29, 0.717) is 30.0 Å². The molecule has 13 heteroatoms. The van der Waals surface area contributed by atoms with E-state index in [9.17, 15) is 24.3 Å². The number of rotatable bonds is 17. The van der Waals surface area contributed by atoms with Crippen LogP contribution in [0.5, 0.6) is 0 Å². The van der Waals surface area contributed by atoms with Gasteiger partial charge >= 0.3 is 5.97 Å². The molecule has 7 N–H and O–H groups in total. The lowest BCUT2D eigenvalue weighted by Gasteiger charge is -2.28. The number of nitrogens with zero attached hydrogens (tertiary/aromatic N) is 1. The molecule has 35 heavy (non-hydrogen) atoms. The van der Waals surface area contributed by atoms with E-state index in [1.54, 1.807) is 13.1 Å². The SMILES string of the molecule is CCC(C)C(NC(=O)C(CCSC)NC(=O)C(N)Cc1cnc[nH]1)C(=O)NC(CCSC)C(=O)O. The Morgan fingerprint density at radius 2 is 1.63 bits per heavy atom. The van der Waals surface area contributed by atoms with Crippen LogP contribution >= 0.6 is 23.5 Å². The first kappa shape index (κ1) is 30.8. The Hall–Kier alpha value is -2.25. The number of carbonyl (C=O) groups is 4. The zero-order valence-corrected chi connectivity index (χ0v) is 22.3. The second-order valence-electron chi connectivity index (χ2n) is 8.28. The van der Waals surface area contributed by atoms with Crippen LogP contribution in [0.15, 0.2) is 12.5 Å². The van der Waals surface area contributed by atoms with Gasteiger partial charge in [-0.1, -0.05) is 20.3 Å². The molecule has 198 valence electrons. The van der Waals surface area contributed by atoms with Crippen LogP contribution in [0.1, 0.15) is 38.8 Å². The first-order valence-corrected chi connectivity index (χ1v) is 14.3. The number of hydrogen-bond donors (Lipinski definition) is 6. The largest absolute Gasteiger partial charge is 0.480 e. The number of carbonyl (C=O) groups excluding carboxylic acids is 3. The molecule has 3 amide bonds. The summed E-state index contributed by atoms with van der Waals surface area (Å²) in [4.78, 5) is 57.2. The molecular weight excluding hydrogens is 492 g/mol. The molecule has 5 unspecified atom stereocenters. The molecule has 11 nitrogen and oxygen atoms in total. The summed E-state index contributed by atoms with van der Waals surface area (Å²) in [6.07, 6.45) is 8.23. The highest BCUT2D eigenvalue weighted by atomic mass is 32.2. The maximum atomic E-state index is 13.2. The lowest BCUT2D eigenvalue weighted by molar-refractivity contribution is -0.142. The molecule has 0 radical (unpaired) electrons. The van der Waals surface area contributed by atoms with Crippen LogP contribution in [0.25, 0.3) is 0 Å². The Morgan fingerprint density at radius 3 is 2.14 bits per heavy atom. The summed E-state index contributed by atoms with van der Waals surface area (Å²) in [5.41, 5.74) is 6.70. The summed E-state index contributed by atoms with van der Waals surface area (Å²) < 4.78 is 0. The number of H-pyrrole nitrogens is 1. The van der Waals surface area contributed by atoms with Gasteiger partial charge in [-0.05, 0) is 42.8 Å². The van der Waals surface area contributed by atoms with Crippen molar-refractivity contribution in [2.45, 2.75) is 63.7 Å². The molecule has 0 aromatic carbocycles. The summed E-state index contributed by atoms with van der Waals surface area (Å²) >= 11 is 3.00. The molecule has 1 rings (SSSR count). The van der Waals surface area contributed by atoms with Gasteiger partial charge in [0.1, 0.15) is 18.1 Å². The molecule has 1 aromatic heterocycles. The number of imidazole rings is 1. The zero-order chi connectivity index (χ0) is 26.4. The third-order valence-electron chi connectivity index (χ3n) is 5.59. The second kappa shape index (κ2) is 16.4. The summed E-state index contributed by atoms with van der Waals surface area (Å²) in [5, 5.41) is 17.4. The molecule has 5 atom stereocenters. The number of aliphatic carboxylic acids is 1. The van der Waals surface area contributed by atoms with Crippen molar-refractivity contribution in [3.05, 3.63) is 18.2 Å². The number of nitrogens with one attached hydrogen (secondary N) is 4. The number of carboxylic acid groups (broad SMARTS) is 1. The average Bonchev–Trinajstić information content (AvgIpc) is 3.34. The van der Waals surface area contributed by atoms with Gasteiger partial charge < -0.3 is 31.8 Å². The van der Waals surface area contributed by atoms with E-state index in [0.717, 1.165) is 0 Å². The fourth-order valence-electron chi connectivity index (χ4n) is 3.22. The van der Waals surface area contributed by atoms with E-state index >= 15 is 0 Å². The van der Waals surface area contributed by atoms with E-state index in [-0.39, 0.29) is 18.8 Å². The lowest BCUT2D eigenvalue weighted by atomic mass is 9.97. The molecule has 0 saturated heterocycles. The van der Waals surface area contributed by atoms with Crippen molar-refractivity contribution in [2.75, 3.05) is 24.0 Å². The Bertz CT molecular complexity index is 810. The van der Waals surface area contributed by atoms with Crippen LogP contribution in [0, 0.1) is 5.92 Å². The van der Waals surface area contributed by atoms with E-state index in [2.05, 4.69) is 25.9 Å². The number of hydrogen-bond acceptors (Lipinski definition) is 8. The summed E-state index contributed by atoms with van der Waals surface area (Å²) in [6, 6.07) is -3.78. The van der Waals surface area contributed by atoms with Crippen LogP contribution in [0.4, 0.5) is 0 Å². The lowest BCUT2D eigenvalue weighted by Crippen LogP contribution is -2.59. The standard InChI is InChI=1S/C22H38N6O5S2/c1-5-13(2)18(21(31)27-17(22(32)33)7-9-35-4)28-20(30)16(6-8-34-3)26-19(29)15(23)10-14-11-24-12-25-14/h11-13,15-18H,5-10,23H2,1-4H3,(H,24,25)(H,26,29)(H,27,31)(H,28,30)(H,32,33). The second-order valence-corrected chi connectivity index (χ2v) is 10.3. The number of thioether (sulfide) groups is 2. The van der Waals surface area contributed by atoms with Crippen molar-refractivity contribution in [2.24, 2.45) is 11.7 Å². The third kappa shape index (κ3) is 10.9. The van der Waals surface area contributed by atoms with Crippen molar-refractivity contribution < 1.29 is 24.3 Å². The number of aromatic amines is 1. The van der Waals surface area contributed by atoms with Crippen LogP contribution < -0.4 is 21.7 Å². The van der Waals surface area contributed by atoms with Gasteiger partial charge in [-0.15, -0.1) is 0 Å². The molecule has 1 heterocycles. The predicted molar refractivity (Wildman–Crippen MR) is 139 cm³/mol. The molecule has 0 aliphatic carbocycles. The minimum atomic E-state index is -1.13. The van der Waals surface area contributed by atoms with Crippen molar-refractivity contribution in [3.8, 4) is 0 Å². The summed E-state index contributed by atoms with van der Waals surface area (Å²) in [5.74, 6) is -1.78. The summed E-state index contributed by atoms with van der Waals surface area (Å²) in [7, 11) is 0. The average molecular weight is 531 g/mol. The van der Waals surface area contributed by atoms with Gasteiger partial charge in [-0.3, -0.25) is 14.4 Å². The Labute approximate surface area is 214 Å². The van der Waals surface area contributed by atoms with E-state index in [1.165, 1.54) is 29.9 Å². The zero-order valence-electron chi connectivity index (χ0n) is 20.7. The smallest absolute Gasteiger partial charge is 0.326 e. The van der Waals surface area contributed by atoms with E-state index < -0.39 is 47.9 Å². The molecule has 0 fully saturated rings. The molecule has 0 saturated carbocycles. The topological polar surface area (TPSA) is 179 Å². The van der Waals surface area contributed by atoms with Crippen LogP contribution in [0.2, 0.25) is 0 Å². The van der Waals surface area contributed by atoms with E-state index in [1.807, 2.05) is 19.4 Å². The van der Waals surface area contributed by atoms with Crippen molar-refractivity contribution in [1.82, 2.24) is 25.9 Å². The van der Waals surface area contributed by atoms with Crippen molar-refractivity contribution in [1.29, 1.82) is 0 Å². The highest BCUT2D eigenvalue weighted by molar-refractivity contribution is 7.98. The van der Waals surface area contributed by atoms with Gasteiger partial charge in [0.2, 0.25) is 17.7 Å². The Kier molecular flexibility index (Phi) is 14.4. The van der Waals surface area contributed by atoms with Crippen molar-refractivity contribution >= 4 is 47.2 Å². The third-order valence-corrected chi connectivity index (χ3v) is 6.88. The minimum Gasteiger partial charge on any atom is -0.480 e. The van der Waals surface area contributed by atoms with Crippen LogP contribution in [0.3, 0.4) is 0 Å². The fraction of sp³-hybridized carbons (Fsp3) is 0.682. The van der Waals surface area contributed by atoms with Gasteiger partial charge in [0, 0.05) is 18.3 Å². The Morgan fingerprint density at radius 1 is 1.03 bits per heavy atom. The highest BCUT2D eigenvalue weighted by Crippen LogP contribution is 2.11. The molecule has 0 aliphatic rings. The van der Waals surface area contributed by atoms with Crippen LogP contribution in [-0.2, 0) is 25.6 Å². The predicted octanol–water partition coefficient (Wildman–Crippen LogP) is 0.371. The van der Waals surface area contributed by atoms with Crippen LogP contribution in [-0.4, -0.2) is 86.9 Å². The fourth-order valence-corrected chi connectivity index (χ4v) is 4.16. The molecular formula is C22H38N6O5S2. The van der Waals surface area contributed by atoms with E-state index in [4.69, 9.17) is 5.73 Å². The maximum absolute atomic E-state index is 13.2.